The molecule has 0 unspecified atom stereocenters. The molecule has 0 saturated carbocycles. The molecule has 0 saturated heterocycles. The molecule has 0 bridgehead atoms. The van der Waals surface area contributed by atoms with Gasteiger partial charge in [-0.05, 0) is 42.0 Å². The molecule has 0 spiro atoms. The molecule has 0 aliphatic rings. The smallest absolute Gasteiger partial charge is 0.248 e. The van der Waals surface area contributed by atoms with Crippen molar-refractivity contribution in [2.75, 3.05) is 5.32 Å². The van der Waals surface area contributed by atoms with Gasteiger partial charge in [0.05, 0.1) is 0 Å². The van der Waals surface area contributed by atoms with E-state index >= 15 is 0 Å². The molecule has 0 aliphatic carbocycles. The maximum atomic E-state index is 13.0. The third-order valence-corrected chi connectivity index (χ3v) is 2.84. The number of carbonyl (C=O) groups excluding carboxylic acids is 1. The van der Waals surface area contributed by atoms with Crippen molar-refractivity contribution >= 4 is 40.9 Å². The largest absolute Gasteiger partial charge is 0.322 e. The number of rotatable bonds is 3. The monoisotopic (exact) mass is 309 g/mol. The number of hydrogen-bond acceptors (Lipinski definition) is 1. The Morgan fingerprint density at radius 3 is 2.45 bits per heavy atom. The van der Waals surface area contributed by atoms with Gasteiger partial charge in [-0.15, -0.1) is 0 Å². The number of amides is 1. The van der Waals surface area contributed by atoms with Crippen LogP contribution in [0.2, 0.25) is 10.0 Å². The van der Waals surface area contributed by atoms with Crippen molar-refractivity contribution in [1.82, 2.24) is 0 Å². The zero-order chi connectivity index (χ0) is 14.5. The van der Waals surface area contributed by atoms with E-state index in [1.807, 2.05) is 0 Å². The zero-order valence-corrected chi connectivity index (χ0v) is 11.8. The van der Waals surface area contributed by atoms with Crippen LogP contribution in [-0.4, -0.2) is 5.91 Å². The summed E-state index contributed by atoms with van der Waals surface area (Å²) in [5.74, 6) is -0.707. The van der Waals surface area contributed by atoms with E-state index < -0.39 is 0 Å². The van der Waals surface area contributed by atoms with Gasteiger partial charge in [0.2, 0.25) is 5.91 Å². The Bertz CT molecular complexity index is 650. The van der Waals surface area contributed by atoms with Crippen LogP contribution in [0.1, 0.15) is 5.56 Å². The first kappa shape index (κ1) is 14.6. The Hall–Kier alpha value is -1.84. The summed E-state index contributed by atoms with van der Waals surface area (Å²) in [6, 6.07) is 10.7. The first-order valence-electron chi connectivity index (χ1n) is 5.74. The van der Waals surface area contributed by atoms with Gasteiger partial charge < -0.3 is 5.32 Å². The van der Waals surface area contributed by atoms with Gasteiger partial charge in [0.25, 0.3) is 0 Å². The maximum Gasteiger partial charge on any atom is 0.248 e. The van der Waals surface area contributed by atoms with Crippen LogP contribution < -0.4 is 5.32 Å². The van der Waals surface area contributed by atoms with Crippen molar-refractivity contribution in [1.29, 1.82) is 0 Å². The van der Waals surface area contributed by atoms with Crippen LogP contribution in [-0.2, 0) is 4.79 Å². The molecule has 0 atom stereocenters. The summed E-state index contributed by atoms with van der Waals surface area (Å²) in [6.07, 6.45) is 2.83. The fourth-order valence-corrected chi connectivity index (χ4v) is 2.12. The van der Waals surface area contributed by atoms with Crippen LogP contribution in [0.5, 0.6) is 0 Å². The first-order chi connectivity index (χ1) is 9.52. The summed E-state index contributed by atoms with van der Waals surface area (Å²) in [7, 11) is 0. The van der Waals surface area contributed by atoms with E-state index in [0.29, 0.717) is 21.3 Å². The summed E-state index contributed by atoms with van der Waals surface area (Å²) in [5.41, 5.74) is 1.10. The molecule has 102 valence electrons. The van der Waals surface area contributed by atoms with E-state index in [2.05, 4.69) is 5.32 Å². The van der Waals surface area contributed by atoms with Crippen LogP contribution >= 0.6 is 23.2 Å². The molecule has 1 amide bonds. The predicted molar refractivity (Wildman–Crippen MR) is 80.5 cm³/mol. The van der Waals surface area contributed by atoms with E-state index in [1.165, 1.54) is 24.3 Å². The van der Waals surface area contributed by atoms with Gasteiger partial charge in [-0.1, -0.05) is 35.3 Å². The summed E-state index contributed by atoms with van der Waals surface area (Å²) in [6.45, 7) is 0. The minimum Gasteiger partial charge on any atom is -0.322 e. The van der Waals surface area contributed by atoms with Gasteiger partial charge in [0.1, 0.15) is 5.82 Å². The van der Waals surface area contributed by atoms with E-state index in [0.717, 1.165) is 0 Å². The summed E-state index contributed by atoms with van der Waals surface area (Å²) >= 11 is 11.7. The van der Waals surface area contributed by atoms with Gasteiger partial charge in [-0.3, -0.25) is 4.79 Å². The van der Waals surface area contributed by atoms with Crippen LogP contribution in [0.3, 0.4) is 0 Å². The van der Waals surface area contributed by atoms with Crippen LogP contribution in [0.4, 0.5) is 10.1 Å². The second kappa shape index (κ2) is 6.55. The molecule has 2 nitrogen and oxygen atoms in total. The summed E-state index contributed by atoms with van der Waals surface area (Å²) < 4.78 is 13.0. The van der Waals surface area contributed by atoms with Crippen LogP contribution in [0, 0.1) is 5.82 Å². The Morgan fingerprint density at radius 1 is 1.10 bits per heavy atom. The summed E-state index contributed by atoms with van der Waals surface area (Å²) in [4.78, 5) is 11.7. The fraction of sp³-hybridized carbons (Fsp3) is 0. The Labute approximate surface area is 125 Å². The third-order valence-electron chi connectivity index (χ3n) is 2.41. The van der Waals surface area contributed by atoms with Crippen molar-refractivity contribution < 1.29 is 9.18 Å². The van der Waals surface area contributed by atoms with Crippen molar-refractivity contribution in [3.8, 4) is 0 Å². The van der Waals surface area contributed by atoms with E-state index in [1.54, 1.807) is 30.3 Å². The summed E-state index contributed by atoms with van der Waals surface area (Å²) in [5, 5.41) is 3.48. The normalized spacial score (nSPS) is 10.8. The number of nitrogens with one attached hydrogen (secondary N) is 1. The lowest BCUT2D eigenvalue weighted by Gasteiger charge is -2.03. The lowest BCUT2D eigenvalue weighted by molar-refractivity contribution is -0.111. The van der Waals surface area contributed by atoms with Gasteiger partial charge in [0.15, 0.2) is 0 Å². The first-order valence-corrected chi connectivity index (χ1v) is 6.49. The second-order valence-corrected chi connectivity index (χ2v) is 4.91. The lowest BCUT2D eigenvalue weighted by atomic mass is 10.2. The highest BCUT2D eigenvalue weighted by molar-refractivity contribution is 6.35. The van der Waals surface area contributed by atoms with Gasteiger partial charge >= 0.3 is 0 Å². The third kappa shape index (κ3) is 4.37. The predicted octanol–water partition coefficient (Wildman–Crippen LogP) is 4.78. The molecule has 1 N–H and O–H groups in total. The topological polar surface area (TPSA) is 29.1 Å². The van der Waals surface area contributed by atoms with Crippen LogP contribution in [0.15, 0.2) is 48.5 Å². The number of carbonyl (C=O) groups is 1. The van der Waals surface area contributed by atoms with Crippen molar-refractivity contribution in [2.45, 2.75) is 0 Å². The number of hydrogen-bond donors (Lipinski definition) is 1. The number of benzene rings is 2. The lowest BCUT2D eigenvalue weighted by Crippen LogP contribution is -2.07. The van der Waals surface area contributed by atoms with Crippen LogP contribution in [0.25, 0.3) is 6.08 Å². The molecule has 20 heavy (non-hydrogen) atoms. The molecule has 2 aromatic rings. The Kier molecular flexibility index (Phi) is 4.77. The average molecular weight is 310 g/mol. The highest BCUT2D eigenvalue weighted by Gasteiger charge is 2.01. The molecule has 0 fully saturated rings. The second-order valence-electron chi connectivity index (χ2n) is 4.04. The van der Waals surface area contributed by atoms with Gasteiger partial charge in [-0.2, -0.15) is 0 Å². The van der Waals surface area contributed by atoms with Crippen molar-refractivity contribution in [3.63, 3.8) is 0 Å². The Balaban J connectivity index is 2.05. The van der Waals surface area contributed by atoms with Crippen molar-refractivity contribution in [2.24, 2.45) is 0 Å². The fourth-order valence-electron chi connectivity index (χ4n) is 1.59. The van der Waals surface area contributed by atoms with Crippen molar-refractivity contribution in [3.05, 3.63) is 70.0 Å². The average Bonchev–Trinajstić information content (AvgIpc) is 2.35. The molecule has 0 aromatic heterocycles. The molecular formula is C15H10Cl2FNO. The number of halogens is 3. The molecule has 2 aromatic carbocycles. The van der Waals surface area contributed by atoms with E-state index in [-0.39, 0.29) is 11.7 Å². The quantitative estimate of drug-likeness (QED) is 0.812. The van der Waals surface area contributed by atoms with Gasteiger partial charge in [0, 0.05) is 21.8 Å². The SMILES string of the molecule is O=C(/C=C/c1cccc(F)c1)Nc1cc(Cl)cc(Cl)c1. The zero-order valence-electron chi connectivity index (χ0n) is 10.2. The molecule has 0 radical (unpaired) electrons. The maximum absolute atomic E-state index is 13.0. The highest BCUT2D eigenvalue weighted by atomic mass is 35.5. The minimum absolute atomic E-state index is 0.353. The molecule has 2 rings (SSSR count). The van der Waals surface area contributed by atoms with Gasteiger partial charge in [-0.25, -0.2) is 4.39 Å². The molecular weight excluding hydrogens is 300 g/mol. The number of anilines is 1. The van der Waals surface area contributed by atoms with E-state index in [9.17, 15) is 9.18 Å². The van der Waals surface area contributed by atoms with E-state index in [4.69, 9.17) is 23.2 Å². The Morgan fingerprint density at radius 2 is 1.80 bits per heavy atom. The molecule has 5 heteroatoms. The minimum atomic E-state index is -0.354. The molecule has 0 heterocycles. The standard InChI is InChI=1S/C15H10Cl2FNO/c16-11-7-12(17)9-14(8-11)19-15(20)5-4-10-2-1-3-13(18)6-10/h1-9H,(H,19,20)/b5-4+. The highest BCUT2D eigenvalue weighted by Crippen LogP contribution is 2.22. The molecule has 0 aliphatic heterocycles.